The van der Waals surface area contributed by atoms with E-state index in [0.717, 1.165) is 12.1 Å². The van der Waals surface area contributed by atoms with E-state index in [1.807, 2.05) is 6.92 Å². The van der Waals surface area contributed by atoms with Crippen LogP contribution in [0.25, 0.3) is 11.3 Å². The number of nitrogens with zero attached hydrogens (tertiary/aromatic N) is 2. The van der Waals surface area contributed by atoms with Crippen molar-refractivity contribution in [3.8, 4) is 34.6 Å². The molecule has 1 saturated heterocycles. The van der Waals surface area contributed by atoms with E-state index in [1.54, 1.807) is 42.4 Å². The molecular formula is C28H28FN5O4. The number of carbonyl (C=O) groups is 2. The SMILES string of the molecule is CC#CC(=O)N1CC[C@]1(C)COc1cnccc1-c1[nH]c2c(c1Nc1cccc(F)c1OC)C(=O)NCC2. The zero-order chi connectivity index (χ0) is 26.9. The van der Waals surface area contributed by atoms with Crippen molar-refractivity contribution in [2.24, 2.45) is 0 Å². The molecule has 4 heterocycles. The number of rotatable bonds is 7. The van der Waals surface area contributed by atoms with Crippen LogP contribution in [0.15, 0.2) is 36.7 Å². The lowest BCUT2D eigenvalue weighted by Gasteiger charge is -2.49. The van der Waals surface area contributed by atoms with Gasteiger partial charge in [-0.05, 0) is 44.4 Å². The van der Waals surface area contributed by atoms with Gasteiger partial charge in [0.05, 0.1) is 41.5 Å². The summed E-state index contributed by atoms with van der Waals surface area (Å²) in [6, 6.07) is 6.33. The second-order valence-electron chi connectivity index (χ2n) is 9.42. The Bertz CT molecular complexity index is 1470. The largest absolute Gasteiger partial charge is 0.492 e. The highest BCUT2D eigenvalue weighted by Gasteiger charge is 2.44. The van der Waals surface area contributed by atoms with E-state index in [4.69, 9.17) is 9.47 Å². The first kappa shape index (κ1) is 25.1. The van der Waals surface area contributed by atoms with E-state index < -0.39 is 11.4 Å². The monoisotopic (exact) mass is 517 g/mol. The number of para-hydroxylation sites is 1. The van der Waals surface area contributed by atoms with Gasteiger partial charge in [-0.1, -0.05) is 12.0 Å². The fourth-order valence-electron chi connectivity index (χ4n) is 4.87. The number of aromatic nitrogens is 2. The number of hydrogen-bond donors (Lipinski definition) is 3. The minimum Gasteiger partial charge on any atom is -0.492 e. The summed E-state index contributed by atoms with van der Waals surface area (Å²) in [6.45, 7) is 4.95. The van der Waals surface area contributed by atoms with Crippen LogP contribution in [0.1, 0.15) is 36.3 Å². The molecule has 10 heteroatoms. The molecule has 0 spiro atoms. The minimum absolute atomic E-state index is 0.0358. The van der Waals surface area contributed by atoms with Crippen molar-refractivity contribution in [3.63, 3.8) is 0 Å². The molecule has 9 nitrogen and oxygen atoms in total. The van der Waals surface area contributed by atoms with Crippen molar-refractivity contribution in [1.29, 1.82) is 0 Å². The van der Waals surface area contributed by atoms with Gasteiger partial charge in [-0.2, -0.15) is 0 Å². The molecule has 3 aromatic rings. The predicted octanol–water partition coefficient (Wildman–Crippen LogP) is 3.65. The van der Waals surface area contributed by atoms with Gasteiger partial charge in [0.2, 0.25) is 0 Å². The van der Waals surface area contributed by atoms with Crippen LogP contribution in [0.2, 0.25) is 0 Å². The molecule has 5 rings (SSSR count). The number of fused-ring (bicyclic) bond motifs is 1. The lowest BCUT2D eigenvalue weighted by Crippen LogP contribution is -2.63. The van der Waals surface area contributed by atoms with Crippen LogP contribution in [0.3, 0.4) is 0 Å². The highest BCUT2D eigenvalue weighted by atomic mass is 19.1. The molecule has 0 radical (unpaired) electrons. The summed E-state index contributed by atoms with van der Waals surface area (Å²) < 4.78 is 26.0. The van der Waals surface area contributed by atoms with Gasteiger partial charge < -0.3 is 30.0 Å². The lowest BCUT2D eigenvalue weighted by atomic mass is 9.87. The summed E-state index contributed by atoms with van der Waals surface area (Å²) in [5.41, 5.74) is 2.81. The number of pyridine rings is 1. The standard InChI is InChI=1S/C28H28FN5O4/c1-4-6-22(35)34-14-11-28(34,2)16-38-21-15-30-12-9-17(21)24-25(23-19(32-24)10-13-31-27(23)36)33-20-8-5-7-18(29)26(20)37-3/h5,7-9,12,15,32-33H,10-11,13-14,16H2,1-3H3,(H,31,36)/t28-/m1/s1. The van der Waals surface area contributed by atoms with Crippen LogP contribution in [-0.4, -0.2) is 59.0 Å². The predicted molar refractivity (Wildman–Crippen MR) is 140 cm³/mol. The number of anilines is 2. The van der Waals surface area contributed by atoms with E-state index in [2.05, 4.69) is 32.4 Å². The van der Waals surface area contributed by atoms with Gasteiger partial charge in [0.15, 0.2) is 11.6 Å². The number of nitrogens with one attached hydrogen (secondary N) is 3. The van der Waals surface area contributed by atoms with E-state index in [9.17, 15) is 14.0 Å². The van der Waals surface area contributed by atoms with Gasteiger partial charge in [0.1, 0.15) is 12.4 Å². The fourth-order valence-corrected chi connectivity index (χ4v) is 4.87. The maximum absolute atomic E-state index is 14.5. The van der Waals surface area contributed by atoms with Crippen molar-refractivity contribution in [2.75, 3.05) is 32.1 Å². The Kier molecular flexibility index (Phi) is 6.68. The molecule has 2 aromatic heterocycles. The average molecular weight is 518 g/mol. The molecule has 0 saturated carbocycles. The minimum atomic E-state index is -0.526. The van der Waals surface area contributed by atoms with Crippen LogP contribution >= 0.6 is 0 Å². The molecular weight excluding hydrogens is 489 g/mol. The Balaban J connectivity index is 1.53. The van der Waals surface area contributed by atoms with Crippen molar-refractivity contribution in [3.05, 3.63) is 53.7 Å². The summed E-state index contributed by atoms with van der Waals surface area (Å²) >= 11 is 0. The van der Waals surface area contributed by atoms with Crippen LogP contribution in [-0.2, 0) is 11.2 Å². The smallest absolute Gasteiger partial charge is 0.299 e. The van der Waals surface area contributed by atoms with Gasteiger partial charge in [-0.25, -0.2) is 4.39 Å². The van der Waals surface area contributed by atoms with Crippen molar-refractivity contribution >= 4 is 23.2 Å². The van der Waals surface area contributed by atoms with Crippen LogP contribution < -0.4 is 20.1 Å². The molecule has 0 bridgehead atoms. The summed E-state index contributed by atoms with van der Waals surface area (Å²) in [5, 5.41) is 6.10. The summed E-state index contributed by atoms with van der Waals surface area (Å²) in [4.78, 5) is 34.6. The Morgan fingerprint density at radius 3 is 2.92 bits per heavy atom. The van der Waals surface area contributed by atoms with Gasteiger partial charge in [0, 0.05) is 37.0 Å². The Morgan fingerprint density at radius 1 is 1.34 bits per heavy atom. The topological polar surface area (TPSA) is 109 Å². The second kappa shape index (κ2) is 10.1. The second-order valence-corrected chi connectivity index (χ2v) is 9.42. The first-order valence-electron chi connectivity index (χ1n) is 12.3. The molecule has 1 aromatic carbocycles. The summed E-state index contributed by atoms with van der Waals surface area (Å²) in [7, 11) is 1.39. The number of halogens is 1. The van der Waals surface area contributed by atoms with E-state index in [1.165, 1.54) is 13.2 Å². The van der Waals surface area contributed by atoms with Crippen LogP contribution in [0, 0.1) is 17.7 Å². The molecule has 3 N–H and O–H groups in total. The summed E-state index contributed by atoms with van der Waals surface area (Å²) in [5.74, 6) is 4.77. The molecule has 2 aliphatic heterocycles. The number of ether oxygens (including phenoxy) is 2. The Labute approximate surface area is 219 Å². The lowest BCUT2D eigenvalue weighted by molar-refractivity contribution is -0.141. The van der Waals surface area contributed by atoms with Crippen molar-refractivity contribution in [2.45, 2.75) is 32.2 Å². The van der Waals surface area contributed by atoms with Gasteiger partial charge >= 0.3 is 0 Å². The summed E-state index contributed by atoms with van der Waals surface area (Å²) in [6.07, 6.45) is 4.61. The van der Waals surface area contributed by atoms with E-state index in [0.29, 0.717) is 53.5 Å². The quantitative estimate of drug-likeness (QED) is 0.413. The fraction of sp³-hybridized carbons (Fsp3) is 0.321. The van der Waals surface area contributed by atoms with Crippen molar-refractivity contribution < 1.29 is 23.5 Å². The van der Waals surface area contributed by atoms with Crippen LogP contribution in [0.4, 0.5) is 15.8 Å². The Morgan fingerprint density at radius 2 is 2.18 bits per heavy atom. The molecule has 196 valence electrons. The molecule has 38 heavy (non-hydrogen) atoms. The number of methoxy groups -OCH3 is 1. The molecule has 0 unspecified atom stereocenters. The highest BCUT2D eigenvalue weighted by molar-refractivity contribution is 6.06. The molecule has 2 aliphatic rings. The van der Waals surface area contributed by atoms with Gasteiger partial charge in [-0.15, -0.1) is 0 Å². The van der Waals surface area contributed by atoms with Crippen molar-refractivity contribution in [1.82, 2.24) is 20.2 Å². The maximum atomic E-state index is 14.5. The normalized spacial score (nSPS) is 17.9. The molecule has 1 fully saturated rings. The zero-order valence-corrected chi connectivity index (χ0v) is 21.4. The highest BCUT2D eigenvalue weighted by Crippen LogP contribution is 2.42. The number of hydrogen-bond acceptors (Lipinski definition) is 6. The Hall–Kier alpha value is -4.52. The maximum Gasteiger partial charge on any atom is 0.299 e. The number of carbonyl (C=O) groups excluding carboxylic acids is 2. The third-order valence-corrected chi connectivity index (χ3v) is 6.99. The molecule has 2 amide bonds. The first-order valence-corrected chi connectivity index (χ1v) is 12.3. The number of amides is 2. The average Bonchev–Trinajstić information content (AvgIpc) is 3.26. The first-order chi connectivity index (χ1) is 18.4. The van der Waals surface area contributed by atoms with Gasteiger partial charge in [-0.3, -0.25) is 14.6 Å². The van der Waals surface area contributed by atoms with Gasteiger partial charge in [0.25, 0.3) is 11.8 Å². The third-order valence-electron chi connectivity index (χ3n) is 6.99. The van der Waals surface area contributed by atoms with E-state index in [-0.39, 0.29) is 24.2 Å². The number of H-pyrrole nitrogens is 1. The molecule has 1 atom stereocenters. The number of likely N-dealkylation sites (tertiary alicyclic amines) is 1. The number of aromatic amines is 1. The van der Waals surface area contributed by atoms with Crippen LogP contribution in [0.5, 0.6) is 11.5 Å². The molecule has 0 aliphatic carbocycles. The number of benzene rings is 1. The zero-order valence-electron chi connectivity index (χ0n) is 21.4. The third kappa shape index (κ3) is 4.41. The van der Waals surface area contributed by atoms with E-state index >= 15 is 0 Å².